The van der Waals surface area contributed by atoms with Gasteiger partial charge in [-0.05, 0) is 47.5 Å². The van der Waals surface area contributed by atoms with Gasteiger partial charge < -0.3 is 9.42 Å². The molecule has 0 N–H and O–H groups in total. The van der Waals surface area contributed by atoms with Gasteiger partial charge in [-0.2, -0.15) is 13.1 Å². The maximum atomic E-state index is 13.1. The van der Waals surface area contributed by atoms with Gasteiger partial charge in [-0.1, -0.05) is 5.16 Å². The number of alkyl halides is 3. The van der Waals surface area contributed by atoms with Crippen LogP contribution in [0.4, 0.5) is 36.1 Å². The second kappa shape index (κ2) is 9.01. The van der Waals surface area contributed by atoms with E-state index in [1.54, 1.807) is 38.9 Å². The number of azo groups is 1. The van der Waals surface area contributed by atoms with Gasteiger partial charge in [-0.3, -0.25) is 0 Å². The molecule has 1 unspecified atom stereocenters. The lowest BCUT2D eigenvalue weighted by atomic mass is 10.1. The van der Waals surface area contributed by atoms with Crippen LogP contribution in [0.3, 0.4) is 0 Å². The van der Waals surface area contributed by atoms with Crippen LogP contribution in [-0.2, 0) is 14.2 Å². The Morgan fingerprint density at radius 1 is 1.29 bits per heavy atom. The highest BCUT2D eigenvalue weighted by Crippen LogP contribution is 2.38. The average molecular weight is 484 g/mol. The summed E-state index contributed by atoms with van der Waals surface area (Å²) in [5.41, 5.74) is 1.32. The van der Waals surface area contributed by atoms with Crippen molar-refractivity contribution in [3.8, 4) is 0 Å². The number of hydrogen-bond donors (Lipinski definition) is 0. The van der Waals surface area contributed by atoms with Gasteiger partial charge in [0, 0.05) is 19.8 Å². The van der Waals surface area contributed by atoms with Crippen LogP contribution in [0.2, 0.25) is 0 Å². The predicted octanol–water partition coefficient (Wildman–Crippen LogP) is 5.72. The highest BCUT2D eigenvalue weighted by atomic mass is 79.9. The quantitative estimate of drug-likeness (QED) is 0.469. The van der Waals surface area contributed by atoms with E-state index in [-0.39, 0.29) is 17.2 Å². The van der Waals surface area contributed by atoms with Gasteiger partial charge in [0.15, 0.2) is 6.01 Å². The molecule has 0 aliphatic rings. The Morgan fingerprint density at radius 3 is 2.46 bits per heavy atom. The third kappa shape index (κ3) is 5.29. The maximum Gasteiger partial charge on any atom is 0.357 e. The molecule has 8 nitrogen and oxygen atoms in total. The van der Waals surface area contributed by atoms with Crippen LogP contribution in [-0.4, -0.2) is 36.1 Å². The Bertz CT molecular complexity index is 1000. The van der Waals surface area contributed by atoms with E-state index in [4.69, 9.17) is 4.52 Å². The predicted molar refractivity (Wildman–Crippen MR) is 102 cm³/mol. The van der Waals surface area contributed by atoms with Crippen molar-refractivity contribution in [2.45, 2.75) is 20.5 Å². The van der Waals surface area contributed by atoms with Gasteiger partial charge >= 0.3 is 6.61 Å². The van der Waals surface area contributed by atoms with Gasteiger partial charge in [0.1, 0.15) is 21.6 Å². The molecule has 0 aliphatic heterocycles. The van der Waals surface area contributed by atoms with Crippen LogP contribution in [0, 0.1) is 13.8 Å². The zero-order valence-corrected chi connectivity index (χ0v) is 17.7. The Kier molecular flexibility index (Phi) is 7.17. The topological polar surface area (TPSA) is 92.7 Å². The molecule has 13 heteroatoms. The summed E-state index contributed by atoms with van der Waals surface area (Å²) in [6, 6.07) is 1.25. The van der Waals surface area contributed by atoms with Crippen LogP contribution < -0.4 is 4.90 Å². The van der Waals surface area contributed by atoms with Crippen molar-refractivity contribution in [2.75, 3.05) is 25.0 Å². The van der Waals surface area contributed by atoms with Crippen LogP contribution in [0.1, 0.15) is 11.3 Å². The van der Waals surface area contributed by atoms with Gasteiger partial charge in [0.25, 0.3) is 0 Å². The lowest BCUT2D eigenvalue weighted by molar-refractivity contribution is -0.0421. The minimum Gasteiger partial charge on any atom is -0.377 e. The molecule has 1 heterocycles. The van der Waals surface area contributed by atoms with E-state index < -0.39 is 22.6 Å². The average Bonchev–Trinajstić information content (AvgIpc) is 2.92. The van der Waals surface area contributed by atoms with Crippen LogP contribution in [0.15, 0.2) is 35.7 Å². The molecular weight excluding hydrogens is 467 g/mol. The molecule has 0 radical (unpaired) electrons. The van der Waals surface area contributed by atoms with E-state index in [0.717, 1.165) is 5.56 Å². The fraction of sp³-hybridized carbons (Fsp3) is 0.400. The summed E-state index contributed by atoms with van der Waals surface area (Å²) in [6.45, 7) is -0.0219. The van der Waals surface area contributed by atoms with Crippen molar-refractivity contribution in [1.82, 2.24) is 5.16 Å². The third-order valence-electron chi connectivity index (χ3n) is 3.40. The molecule has 1 atom stereocenters. The van der Waals surface area contributed by atoms with Gasteiger partial charge in [-0.25, -0.2) is 12.8 Å². The molecule has 2 aromatic rings. The lowest BCUT2D eigenvalue weighted by Gasteiger charge is -2.17. The second-order valence-electron chi connectivity index (χ2n) is 5.74. The van der Waals surface area contributed by atoms with Crippen molar-refractivity contribution in [2.24, 2.45) is 14.6 Å². The molecule has 0 saturated heterocycles. The van der Waals surface area contributed by atoms with Crippen molar-refractivity contribution in [1.29, 1.82) is 0 Å². The number of nitrogens with zero attached hydrogens (tertiary/aromatic N) is 5. The summed E-state index contributed by atoms with van der Waals surface area (Å²) < 4.78 is 63.3. The molecule has 28 heavy (non-hydrogen) atoms. The first-order valence-corrected chi connectivity index (χ1v) is 10.1. The van der Waals surface area contributed by atoms with Crippen molar-refractivity contribution < 1.29 is 26.1 Å². The Hall–Kier alpha value is -1.99. The Morgan fingerprint density at radius 2 is 1.96 bits per heavy atom. The number of aromatic nitrogens is 1. The molecule has 0 saturated carbocycles. The van der Waals surface area contributed by atoms with Gasteiger partial charge in [-0.15, -0.1) is 10.2 Å². The monoisotopic (exact) mass is 483 g/mol. The molecular formula is C15H17BrF3N5O3S. The summed E-state index contributed by atoms with van der Waals surface area (Å²) in [6.07, 6.45) is 0. The van der Waals surface area contributed by atoms with Crippen molar-refractivity contribution >= 4 is 48.8 Å². The summed E-state index contributed by atoms with van der Waals surface area (Å²) >= 11 is 3.24. The number of rotatable bonds is 7. The van der Waals surface area contributed by atoms with E-state index in [9.17, 15) is 17.4 Å². The summed E-state index contributed by atoms with van der Waals surface area (Å²) in [7, 11) is -0.818. The van der Waals surface area contributed by atoms with E-state index >= 15 is 0 Å². The summed E-state index contributed by atoms with van der Waals surface area (Å²) in [4.78, 5) is 1.72. The normalized spacial score (nSPS) is 13.9. The summed E-state index contributed by atoms with van der Waals surface area (Å²) in [5.74, 6) is 0.608. The molecule has 0 spiro atoms. The Balaban J connectivity index is 2.63. The number of hydrogen-bond acceptors (Lipinski definition) is 8. The highest BCUT2D eigenvalue weighted by molar-refractivity contribution is 9.10. The SMILES string of the molecule is Cc1cc(N=Nc2noc(C)c2Br)c(N=S(=O)(CF)OC(F)F)cc1N(C)C. The van der Waals surface area contributed by atoms with Crippen LogP contribution >= 0.6 is 15.9 Å². The Labute approximate surface area is 168 Å². The molecule has 1 aromatic heterocycles. The van der Waals surface area contributed by atoms with E-state index in [1.807, 2.05) is 0 Å². The van der Waals surface area contributed by atoms with Gasteiger partial charge in [0.05, 0.1) is 0 Å². The smallest absolute Gasteiger partial charge is 0.357 e. The van der Waals surface area contributed by atoms with Gasteiger partial charge in [0.2, 0.25) is 15.8 Å². The standard InChI is InChI=1S/C15H17BrF3N5O3S/c1-8-5-10(20-21-14-13(16)9(2)26-22-14)11(6-12(8)24(3)4)23-28(25,7-17)27-15(18)19/h5-6,15H,7H2,1-4H3. The maximum absolute atomic E-state index is 13.1. The fourth-order valence-electron chi connectivity index (χ4n) is 2.15. The number of benzene rings is 1. The first-order chi connectivity index (χ1) is 13.1. The molecule has 0 amide bonds. The third-order valence-corrected chi connectivity index (χ3v) is 5.51. The van der Waals surface area contributed by atoms with Crippen molar-refractivity contribution in [3.05, 3.63) is 27.9 Å². The number of aryl methyl sites for hydroxylation is 2. The van der Waals surface area contributed by atoms with E-state index in [2.05, 4.69) is 39.9 Å². The zero-order chi connectivity index (χ0) is 21.1. The molecule has 0 aliphatic carbocycles. The molecule has 0 fully saturated rings. The first kappa shape index (κ1) is 22.3. The van der Waals surface area contributed by atoms with E-state index in [0.29, 0.717) is 15.9 Å². The summed E-state index contributed by atoms with van der Waals surface area (Å²) in [5, 5.41) is 11.6. The number of anilines is 1. The number of halogens is 4. The lowest BCUT2D eigenvalue weighted by Crippen LogP contribution is -2.12. The van der Waals surface area contributed by atoms with Crippen molar-refractivity contribution in [3.63, 3.8) is 0 Å². The largest absolute Gasteiger partial charge is 0.377 e. The first-order valence-electron chi connectivity index (χ1n) is 7.69. The molecule has 1 aromatic carbocycles. The van der Waals surface area contributed by atoms with Crippen LogP contribution in [0.5, 0.6) is 0 Å². The van der Waals surface area contributed by atoms with E-state index in [1.165, 1.54) is 6.07 Å². The molecule has 154 valence electrons. The molecule has 0 bridgehead atoms. The second-order valence-corrected chi connectivity index (χ2v) is 8.29. The highest BCUT2D eigenvalue weighted by Gasteiger charge is 2.19. The zero-order valence-electron chi connectivity index (χ0n) is 15.3. The minimum atomic E-state index is -4.30. The molecule has 2 rings (SSSR count). The minimum absolute atomic E-state index is 0.0645. The fourth-order valence-corrected chi connectivity index (χ4v) is 3.19. The van der Waals surface area contributed by atoms with Crippen LogP contribution in [0.25, 0.3) is 0 Å².